The lowest BCUT2D eigenvalue weighted by atomic mass is 10.2. The van der Waals surface area contributed by atoms with E-state index in [4.69, 9.17) is 4.52 Å². The molecule has 1 N–H and O–H groups in total. The van der Waals surface area contributed by atoms with Crippen molar-refractivity contribution in [3.05, 3.63) is 58.2 Å². The number of aromatic amines is 1. The number of amides is 1. The van der Waals surface area contributed by atoms with Crippen molar-refractivity contribution in [3.8, 4) is 11.5 Å². The van der Waals surface area contributed by atoms with E-state index in [0.717, 1.165) is 0 Å². The van der Waals surface area contributed by atoms with Crippen LogP contribution in [-0.4, -0.2) is 49.5 Å². The fourth-order valence-corrected chi connectivity index (χ4v) is 2.36. The average molecular weight is 368 g/mol. The van der Waals surface area contributed by atoms with Gasteiger partial charge in [-0.15, -0.1) is 0 Å². The lowest BCUT2D eigenvalue weighted by molar-refractivity contribution is 0.0793. The molecule has 3 aromatic rings. The molecule has 0 fully saturated rings. The number of nitrogens with one attached hydrogen (secondary N) is 1. The summed E-state index contributed by atoms with van der Waals surface area (Å²) in [5, 5.41) is 3.89. The van der Waals surface area contributed by atoms with Gasteiger partial charge in [-0.2, -0.15) is 4.98 Å². The number of aromatic nitrogens is 5. The van der Waals surface area contributed by atoms with Gasteiger partial charge in [-0.1, -0.05) is 25.1 Å². The van der Waals surface area contributed by atoms with E-state index >= 15 is 0 Å². The van der Waals surface area contributed by atoms with Crippen LogP contribution >= 0.6 is 0 Å². The number of nitrogens with zero attached hydrogens (tertiary/aromatic N) is 5. The van der Waals surface area contributed by atoms with Crippen LogP contribution in [0.1, 0.15) is 41.8 Å². The molecule has 0 saturated carbocycles. The van der Waals surface area contributed by atoms with Crippen molar-refractivity contribution in [2.75, 3.05) is 13.6 Å². The maximum absolute atomic E-state index is 12.5. The molecule has 140 valence electrons. The summed E-state index contributed by atoms with van der Waals surface area (Å²) in [4.78, 5) is 41.4. The van der Waals surface area contributed by atoms with Gasteiger partial charge in [0.1, 0.15) is 11.3 Å². The highest BCUT2D eigenvalue weighted by Gasteiger charge is 2.18. The van der Waals surface area contributed by atoms with E-state index in [9.17, 15) is 9.59 Å². The van der Waals surface area contributed by atoms with Gasteiger partial charge in [-0.25, -0.2) is 4.98 Å². The van der Waals surface area contributed by atoms with E-state index in [-0.39, 0.29) is 11.5 Å². The van der Waals surface area contributed by atoms with Gasteiger partial charge < -0.3 is 14.4 Å². The van der Waals surface area contributed by atoms with E-state index in [1.807, 2.05) is 13.8 Å². The zero-order valence-electron chi connectivity index (χ0n) is 15.3. The molecule has 9 nitrogen and oxygen atoms in total. The van der Waals surface area contributed by atoms with Crippen LogP contribution in [0.15, 0.2) is 39.9 Å². The van der Waals surface area contributed by atoms with Gasteiger partial charge in [0.15, 0.2) is 11.6 Å². The number of hydrogen-bond acceptors (Lipinski definition) is 7. The van der Waals surface area contributed by atoms with E-state index in [1.54, 1.807) is 31.4 Å². The minimum Gasteiger partial charge on any atom is -0.341 e. The molecule has 27 heavy (non-hydrogen) atoms. The molecular weight excluding hydrogens is 348 g/mol. The molecule has 9 heteroatoms. The van der Waals surface area contributed by atoms with Crippen molar-refractivity contribution in [3.63, 3.8) is 0 Å². The van der Waals surface area contributed by atoms with Gasteiger partial charge in [0.05, 0.1) is 0 Å². The summed E-state index contributed by atoms with van der Waals surface area (Å²) in [5.41, 5.74) is -0.0164. The van der Waals surface area contributed by atoms with Gasteiger partial charge in [0.25, 0.3) is 11.5 Å². The van der Waals surface area contributed by atoms with Crippen molar-refractivity contribution in [1.82, 2.24) is 30.0 Å². The van der Waals surface area contributed by atoms with Crippen LogP contribution in [0.4, 0.5) is 0 Å². The molecule has 0 unspecified atom stereocenters. The minimum absolute atomic E-state index is 0.0341. The molecule has 0 saturated heterocycles. The molecule has 0 aliphatic rings. The van der Waals surface area contributed by atoms with Gasteiger partial charge >= 0.3 is 0 Å². The van der Waals surface area contributed by atoms with E-state index in [2.05, 4.69) is 25.1 Å². The largest absolute Gasteiger partial charge is 0.341 e. The Morgan fingerprint density at radius 3 is 2.74 bits per heavy atom. The molecular formula is C18H20N6O3. The fourth-order valence-electron chi connectivity index (χ4n) is 2.36. The first kappa shape index (κ1) is 18.4. The van der Waals surface area contributed by atoms with Crippen LogP contribution < -0.4 is 5.56 Å². The highest BCUT2D eigenvalue weighted by Crippen LogP contribution is 2.12. The van der Waals surface area contributed by atoms with Crippen molar-refractivity contribution >= 4 is 5.91 Å². The Hall–Kier alpha value is -3.36. The fraction of sp³-hybridized carbons (Fsp3) is 0.333. The summed E-state index contributed by atoms with van der Waals surface area (Å²) in [5.74, 6) is 1.12. The Bertz CT molecular complexity index is 980. The third-order valence-corrected chi connectivity index (χ3v) is 3.93. The van der Waals surface area contributed by atoms with Gasteiger partial charge in [-0.05, 0) is 12.1 Å². The molecule has 0 aromatic carbocycles. The summed E-state index contributed by atoms with van der Waals surface area (Å²) in [6, 6.07) is 5.28. The number of rotatable bonds is 6. The summed E-state index contributed by atoms with van der Waals surface area (Å²) in [6.45, 7) is 4.26. The highest BCUT2D eigenvalue weighted by atomic mass is 16.5. The van der Waals surface area contributed by atoms with Crippen LogP contribution in [0, 0.1) is 0 Å². The van der Waals surface area contributed by atoms with Crippen molar-refractivity contribution < 1.29 is 9.32 Å². The highest BCUT2D eigenvalue weighted by molar-refractivity contribution is 5.93. The lowest BCUT2D eigenvalue weighted by Crippen LogP contribution is -2.33. The molecule has 3 heterocycles. The quantitative estimate of drug-likeness (QED) is 0.703. The normalized spacial score (nSPS) is 11.0. The molecule has 3 aromatic heterocycles. The monoisotopic (exact) mass is 368 g/mol. The van der Waals surface area contributed by atoms with Gasteiger partial charge in [0.2, 0.25) is 5.89 Å². The Balaban J connectivity index is 1.68. The maximum atomic E-state index is 12.5. The summed E-state index contributed by atoms with van der Waals surface area (Å²) in [7, 11) is 1.61. The Morgan fingerprint density at radius 2 is 2.11 bits per heavy atom. The van der Waals surface area contributed by atoms with Gasteiger partial charge in [0, 0.05) is 38.3 Å². The first-order valence-corrected chi connectivity index (χ1v) is 8.54. The van der Waals surface area contributed by atoms with Gasteiger partial charge in [-0.3, -0.25) is 14.6 Å². The topological polar surface area (TPSA) is 118 Å². The molecule has 3 rings (SSSR count). The standard InChI is InChI=1S/C18H20N6O3/c1-11(2)17-21-14(23-27-17)7-9-24(3)18(26)12-10-20-15(22-16(12)25)13-6-4-5-8-19-13/h4-6,8,10-11H,7,9H2,1-3H3,(H,20,22,25). The summed E-state index contributed by atoms with van der Waals surface area (Å²) in [6.07, 6.45) is 3.30. The van der Waals surface area contributed by atoms with Crippen LogP contribution in [0.2, 0.25) is 0 Å². The predicted molar refractivity (Wildman–Crippen MR) is 97.1 cm³/mol. The van der Waals surface area contributed by atoms with Crippen molar-refractivity contribution in [1.29, 1.82) is 0 Å². The van der Waals surface area contributed by atoms with E-state index in [0.29, 0.717) is 36.2 Å². The molecule has 0 aliphatic heterocycles. The summed E-state index contributed by atoms with van der Waals surface area (Å²) >= 11 is 0. The molecule has 0 atom stereocenters. The second-order valence-corrected chi connectivity index (χ2v) is 6.37. The zero-order valence-corrected chi connectivity index (χ0v) is 15.3. The maximum Gasteiger partial charge on any atom is 0.264 e. The Kier molecular flexibility index (Phi) is 5.39. The Morgan fingerprint density at radius 1 is 1.30 bits per heavy atom. The molecule has 0 aliphatic carbocycles. The first-order valence-electron chi connectivity index (χ1n) is 8.54. The third-order valence-electron chi connectivity index (χ3n) is 3.93. The minimum atomic E-state index is -0.510. The smallest absolute Gasteiger partial charge is 0.264 e. The molecule has 1 amide bonds. The summed E-state index contributed by atoms with van der Waals surface area (Å²) < 4.78 is 5.14. The zero-order chi connectivity index (χ0) is 19.4. The second kappa shape index (κ2) is 7.90. The molecule has 0 spiro atoms. The second-order valence-electron chi connectivity index (χ2n) is 6.37. The van der Waals surface area contributed by atoms with Crippen molar-refractivity contribution in [2.24, 2.45) is 0 Å². The van der Waals surface area contributed by atoms with Crippen molar-refractivity contribution in [2.45, 2.75) is 26.2 Å². The third kappa shape index (κ3) is 4.25. The van der Waals surface area contributed by atoms with Crippen LogP contribution in [0.25, 0.3) is 11.5 Å². The van der Waals surface area contributed by atoms with Crippen LogP contribution in [0.5, 0.6) is 0 Å². The number of carbonyl (C=O) groups excluding carboxylic acids is 1. The first-order chi connectivity index (χ1) is 13.0. The number of likely N-dealkylation sites (N-methyl/N-ethyl adjacent to an activating group) is 1. The lowest BCUT2D eigenvalue weighted by Gasteiger charge is -2.15. The number of hydrogen-bond donors (Lipinski definition) is 1. The average Bonchev–Trinajstić information content (AvgIpc) is 3.15. The van der Waals surface area contributed by atoms with Crippen LogP contribution in [0.3, 0.4) is 0 Å². The molecule has 0 bridgehead atoms. The number of H-pyrrole nitrogens is 1. The van der Waals surface area contributed by atoms with E-state index < -0.39 is 11.5 Å². The SMILES string of the molecule is CC(C)c1nc(CCN(C)C(=O)c2cnc(-c3ccccn3)[nH]c2=O)no1. The van der Waals surface area contributed by atoms with Crippen LogP contribution in [-0.2, 0) is 6.42 Å². The molecule has 0 radical (unpaired) electrons. The predicted octanol–water partition coefficient (Wildman–Crippen LogP) is 1.65. The number of pyridine rings is 1. The van der Waals surface area contributed by atoms with E-state index in [1.165, 1.54) is 11.1 Å². The Labute approximate surface area is 155 Å². The number of carbonyl (C=O) groups is 1.